The van der Waals surface area contributed by atoms with Gasteiger partial charge in [0, 0.05) is 50.7 Å². The van der Waals surface area contributed by atoms with E-state index in [4.69, 9.17) is 4.74 Å². The van der Waals surface area contributed by atoms with Crippen molar-refractivity contribution in [1.29, 1.82) is 0 Å². The minimum atomic E-state index is -0.203. The zero-order valence-electron chi connectivity index (χ0n) is 15.1. The molecular formula is C20H23FN4O2. The van der Waals surface area contributed by atoms with E-state index in [2.05, 4.69) is 20.2 Å². The molecule has 142 valence electrons. The molecule has 1 unspecified atom stereocenters. The average molecular weight is 370 g/mol. The minimum absolute atomic E-state index is 0.150. The monoisotopic (exact) mass is 370 g/mol. The second-order valence-electron chi connectivity index (χ2n) is 7.27. The molecule has 4 rings (SSSR count). The highest BCUT2D eigenvalue weighted by molar-refractivity contribution is 5.91. The van der Waals surface area contributed by atoms with Gasteiger partial charge < -0.3 is 10.1 Å². The van der Waals surface area contributed by atoms with E-state index in [1.807, 2.05) is 12.1 Å². The summed E-state index contributed by atoms with van der Waals surface area (Å²) < 4.78 is 19.9. The second kappa shape index (κ2) is 7.70. The van der Waals surface area contributed by atoms with E-state index in [0.29, 0.717) is 24.7 Å². The Balaban J connectivity index is 1.26. The van der Waals surface area contributed by atoms with E-state index in [9.17, 15) is 9.18 Å². The number of nitrogens with zero attached hydrogens (tertiary/aromatic N) is 3. The number of likely N-dealkylation sites (tertiary alicyclic amines) is 1. The van der Waals surface area contributed by atoms with Crippen molar-refractivity contribution >= 4 is 5.91 Å². The van der Waals surface area contributed by atoms with E-state index in [-0.39, 0.29) is 17.3 Å². The van der Waals surface area contributed by atoms with Crippen molar-refractivity contribution in [1.82, 2.24) is 20.2 Å². The van der Waals surface area contributed by atoms with E-state index >= 15 is 0 Å². The summed E-state index contributed by atoms with van der Waals surface area (Å²) in [6.07, 6.45) is 6.36. The second-order valence-corrected chi connectivity index (χ2v) is 7.27. The Bertz CT molecular complexity index is 796. The Morgan fingerprint density at radius 1 is 1.33 bits per heavy atom. The van der Waals surface area contributed by atoms with Gasteiger partial charge in [-0.25, -0.2) is 9.37 Å². The molecule has 1 spiro atoms. The Hall–Kier alpha value is -2.38. The molecule has 0 saturated carbocycles. The van der Waals surface area contributed by atoms with Crippen LogP contribution in [0.1, 0.15) is 28.9 Å². The molecule has 2 fully saturated rings. The van der Waals surface area contributed by atoms with Gasteiger partial charge in [0.25, 0.3) is 5.91 Å². The number of halogens is 1. The van der Waals surface area contributed by atoms with Gasteiger partial charge in [0.05, 0.1) is 11.8 Å². The number of nitrogens with one attached hydrogen (secondary N) is 1. The van der Waals surface area contributed by atoms with Crippen LogP contribution in [0.15, 0.2) is 42.9 Å². The van der Waals surface area contributed by atoms with Crippen LogP contribution >= 0.6 is 0 Å². The molecule has 1 aromatic carbocycles. The lowest BCUT2D eigenvalue weighted by Crippen LogP contribution is -2.64. The topological polar surface area (TPSA) is 67.3 Å². The van der Waals surface area contributed by atoms with Crippen LogP contribution in [0, 0.1) is 11.7 Å². The molecule has 1 amide bonds. The molecule has 27 heavy (non-hydrogen) atoms. The summed E-state index contributed by atoms with van der Waals surface area (Å²) >= 11 is 0. The quantitative estimate of drug-likeness (QED) is 0.843. The van der Waals surface area contributed by atoms with Crippen molar-refractivity contribution in [3.05, 3.63) is 59.9 Å². The molecule has 0 bridgehead atoms. The van der Waals surface area contributed by atoms with E-state index in [1.165, 1.54) is 18.5 Å². The Labute approximate surface area is 157 Å². The molecule has 2 aliphatic rings. The van der Waals surface area contributed by atoms with Crippen LogP contribution in [0.5, 0.6) is 0 Å². The minimum Gasteiger partial charge on any atom is -0.372 e. The SMILES string of the molecule is O=C(NCCC1CCOC12CN(Cc1ccccc1F)C2)c1cnccn1. The standard InChI is InChI=1S/C20H23FN4O2/c21-17-4-2-1-3-15(17)12-25-13-20(14-25)16(6-10-27-20)5-7-24-19(26)18-11-22-8-9-23-18/h1-4,8-9,11,16H,5-7,10,12-14H2,(H,24,26). The van der Waals surface area contributed by atoms with Gasteiger partial charge in [0.2, 0.25) is 0 Å². The van der Waals surface area contributed by atoms with Gasteiger partial charge in [-0.2, -0.15) is 0 Å². The number of aromatic nitrogens is 2. The average Bonchev–Trinajstić information content (AvgIpc) is 3.08. The highest BCUT2D eigenvalue weighted by atomic mass is 19.1. The van der Waals surface area contributed by atoms with Crippen LogP contribution < -0.4 is 5.32 Å². The van der Waals surface area contributed by atoms with Gasteiger partial charge in [-0.3, -0.25) is 14.7 Å². The number of ether oxygens (including phenoxy) is 1. The molecule has 1 N–H and O–H groups in total. The smallest absolute Gasteiger partial charge is 0.271 e. The number of rotatable bonds is 6. The normalized spacial score (nSPS) is 21.1. The summed E-state index contributed by atoms with van der Waals surface area (Å²) in [4.78, 5) is 22.2. The fraction of sp³-hybridized carbons (Fsp3) is 0.450. The van der Waals surface area contributed by atoms with Crippen LogP contribution in [0.3, 0.4) is 0 Å². The molecule has 2 aromatic rings. The molecule has 2 saturated heterocycles. The number of amides is 1. The van der Waals surface area contributed by atoms with Crippen LogP contribution in [0.4, 0.5) is 4.39 Å². The van der Waals surface area contributed by atoms with Gasteiger partial charge >= 0.3 is 0 Å². The van der Waals surface area contributed by atoms with Crippen molar-refractivity contribution < 1.29 is 13.9 Å². The first kappa shape index (κ1) is 18.0. The summed E-state index contributed by atoms with van der Waals surface area (Å²) in [6, 6.07) is 6.90. The summed E-state index contributed by atoms with van der Waals surface area (Å²) in [6.45, 7) is 3.55. The maximum absolute atomic E-state index is 13.8. The lowest BCUT2D eigenvalue weighted by molar-refractivity contribution is -0.137. The fourth-order valence-electron chi connectivity index (χ4n) is 4.10. The third-order valence-corrected chi connectivity index (χ3v) is 5.51. The van der Waals surface area contributed by atoms with Crippen molar-refractivity contribution in [2.45, 2.75) is 25.0 Å². The summed E-state index contributed by atoms with van der Waals surface area (Å²) in [5.74, 6) is 0.0384. The molecule has 1 aromatic heterocycles. The lowest BCUT2D eigenvalue weighted by Gasteiger charge is -2.50. The first-order valence-corrected chi connectivity index (χ1v) is 9.30. The lowest BCUT2D eigenvalue weighted by atomic mass is 9.78. The maximum atomic E-state index is 13.8. The van der Waals surface area contributed by atoms with Crippen molar-refractivity contribution in [3.8, 4) is 0 Å². The highest BCUT2D eigenvalue weighted by Gasteiger charge is 2.52. The Morgan fingerprint density at radius 3 is 2.96 bits per heavy atom. The predicted octanol–water partition coefficient (Wildman–Crippen LogP) is 2.03. The number of carbonyl (C=O) groups is 1. The van der Waals surface area contributed by atoms with Gasteiger partial charge in [-0.1, -0.05) is 18.2 Å². The number of hydrogen-bond acceptors (Lipinski definition) is 5. The third kappa shape index (κ3) is 3.84. The summed E-state index contributed by atoms with van der Waals surface area (Å²) in [7, 11) is 0. The first-order valence-electron chi connectivity index (χ1n) is 9.30. The van der Waals surface area contributed by atoms with E-state index in [0.717, 1.165) is 38.1 Å². The molecule has 7 heteroatoms. The number of hydrogen-bond donors (Lipinski definition) is 1. The Morgan fingerprint density at radius 2 is 2.19 bits per heavy atom. The summed E-state index contributed by atoms with van der Waals surface area (Å²) in [5.41, 5.74) is 0.899. The number of benzene rings is 1. The third-order valence-electron chi connectivity index (χ3n) is 5.51. The molecule has 6 nitrogen and oxygen atoms in total. The molecule has 3 heterocycles. The van der Waals surface area contributed by atoms with Crippen molar-refractivity contribution in [2.75, 3.05) is 26.2 Å². The van der Waals surface area contributed by atoms with Crippen LogP contribution in [-0.2, 0) is 11.3 Å². The van der Waals surface area contributed by atoms with Gasteiger partial charge in [0.15, 0.2) is 0 Å². The number of carbonyl (C=O) groups excluding carboxylic acids is 1. The van der Waals surface area contributed by atoms with E-state index in [1.54, 1.807) is 12.3 Å². The zero-order valence-corrected chi connectivity index (χ0v) is 15.1. The van der Waals surface area contributed by atoms with Crippen LogP contribution in [0.2, 0.25) is 0 Å². The maximum Gasteiger partial charge on any atom is 0.271 e. The van der Waals surface area contributed by atoms with Gasteiger partial charge in [-0.15, -0.1) is 0 Å². The molecule has 0 aliphatic carbocycles. The van der Waals surface area contributed by atoms with Crippen molar-refractivity contribution in [2.24, 2.45) is 5.92 Å². The summed E-state index contributed by atoms with van der Waals surface area (Å²) in [5, 5.41) is 2.91. The van der Waals surface area contributed by atoms with E-state index < -0.39 is 0 Å². The molecular weight excluding hydrogens is 347 g/mol. The fourth-order valence-corrected chi connectivity index (χ4v) is 4.10. The van der Waals surface area contributed by atoms with Crippen LogP contribution in [0.25, 0.3) is 0 Å². The zero-order chi connectivity index (χ0) is 18.7. The molecule has 2 aliphatic heterocycles. The predicted molar refractivity (Wildman–Crippen MR) is 97.4 cm³/mol. The first-order chi connectivity index (χ1) is 13.2. The Kier molecular flexibility index (Phi) is 5.13. The van der Waals surface area contributed by atoms with Crippen molar-refractivity contribution in [3.63, 3.8) is 0 Å². The highest BCUT2D eigenvalue weighted by Crippen LogP contribution is 2.42. The molecule has 1 atom stereocenters. The van der Waals surface area contributed by atoms with Crippen LogP contribution in [-0.4, -0.2) is 52.6 Å². The van der Waals surface area contributed by atoms with Gasteiger partial charge in [-0.05, 0) is 24.8 Å². The molecule has 0 radical (unpaired) electrons. The largest absolute Gasteiger partial charge is 0.372 e. The van der Waals surface area contributed by atoms with Gasteiger partial charge in [0.1, 0.15) is 11.5 Å².